The molecule has 1 N–H and O–H groups in total. The van der Waals surface area contributed by atoms with E-state index in [-0.39, 0.29) is 5.56 Å². The molecule has 4 aromatic rings. The number of aromatic carboxylic acids is 1. The second kappa shape index (κ2) is 7.25. The van der Waals surface area contributed by atoms with E-state index in [1.807, 2.05) is 61.3 Å². The number of aryl methyl sites for hydroxylation is 1. The maximum absolute atomic E-state index is 11.6. The third kappa shape index (κ3) is 3.16. The summed E-state index contributed by atoms with van der Waals surface area (Å²) in [4.78, 5) is 18.1. The average molecular weight is 431 g/mol. The van der Waals surface area contributed by atoms with Crippen molar-refractivity contribution in [2.75, 3.05) is 11.9 Å². The minimum absolute atomic E-state index is 0.290. The summed E-state index contributed by atoms with van der Waals surface area (Å²) >= 11 is 6.20. The lowest BCUT2D eigenvalue weighted by molar-refractivity contribution is 0.0695. The molecule has 2 aromatic heterocycles. The van der Waals surface area contributed by atoms with Gasteiger partial charge in [-0.2, -0.15) is 5.10 Å². The number of halogens is 1. The third-order valence-electron chi connectivity index (χ3n) is 5.70. The zero-order valence-corrected chi connectivity index (χ0v) is 17.8. The van der Waals surface area contributed by atoms with Crippen LogP contribution in [0.4, 0.5) is 11.4 Å². The van der Waals surface area contributed by atoms with Crippen molar-refractivity contribution in [3.05, 3.63) is 82.3 Å². The Bertz CT molecular complexity index is 1390. The number of allylic oxidation sites excluding steroid dienone is 1. The highest BCUT2D eigenvalue weighted by Gasteiger charge is 2.25. The molecule has 6 nitrogen and oxygen atoms in total. The number of para-hydroxylation sites is 1. The number of carbonyl (C=O) groups is 1. The van der Waals surface area contributed by atoms with Gasteiger partial charge < -0.3 is 10.0 Å². The Morgan fingerprint density at radius 2 is 2.00 bits per heavy atom. The summed E-state index contributed by atoms with van der Waals surface area (Å²) < 4.78 is 1.87. The van der Waals surface area contributed by atoms with Crippen LogP contribution in [0.2, 0.25) is 5.02 Å². The fourth-order valence-electron chi connectivity index (χ4n) is 4.23. The molecule has 31 heavy (non-hydrogen) atoms. The Balaban J connectivity index is 1.61. The Hall–Kier alpha value is -3.64. The van der Waals surface area contributed by atoms with E-state index in [1.54, 1.807) is 6.07 Å². The Morgan fingerprint density at radius 3 is 2.77 bits per heavy atom. The summed E-state index contributed by atoms with van der Waals surface area (Å²) in [6, 6.07) is 15.4. The molecule has 5 rings (SSSR count). The van der Waals surface area contributed by atoms with Crippen LogP contribution in [0.15, 0.2) is 54.7 Å². The Kier molecular flexibility index (Phi) is 4.52. The van der Waals surface area contributed by atoms with E-state index < -0.39 is 5.97 Å². The molecule has 1 aliphatic carbocycles. The largest absolute Gasteiger partial charge is 0.478 e. The number of fused-ring (bicyclic) bond motifs is 2. The fraction of sp³-hybridized carbons (Fsp3) is 0.125. The monoisotopic (exact) mass is 430 g/mol. The summed E-state index contributed by atoms with van der Waals surface area (Å²) in [6.45, 7) is 0. The summed E-state index contributed by atoms with van der Waals surface area (Å²) in [5.41, 5.74) is 6.49. The van der Waals surface area contributed by atoms with Crippen molar-refractivity contribution in [2.24, 2.45) is 7.05 Å². The molecule has 0 saturated carbocycles. The normalized spacial score (nSPS) is 12.7. The molecular formula is C24H19ClN4O2. The van der Waals surface area contributed by atoms with E-state index in [1.165, 1.54) is 6.20 Å². The number of anilines is 2. The van der Waals surface area contributed by atoms with Crippen molar-refractivity contribution < 1.29 is 9.90 Å². The predicted molar refractivity (Wildman–Crippen MR) is 123 cm³/mol. The van der Waals surface area contributed by atoms with Gasteiger partial charge in [-0.05, 0) is 47.5 Å². The maximum Gasteiger partial charge on any atom is 0.336 e. The minimum atomic E-state index is -0.940. The fourth-order valence-corrected chi connectivity index (χ4v) is 4.41. The first-order chi connectivity index (χ1) is 14.9. The van der Waals surface area contributed by atoms with Crippen LogP contribution in [0.3, 0.4) is 0 Å². The number of hydrogen-bond acceptors (Lipinski definition) is 4. The number of hydrogen-bond donors (Lipinski definition) is 1. The van der Waals surface area contributed by atoms with Crippen molar-refractivity contribution in [1.82, 2.24) is 14.8 Å². The third-order valence-corrected chi connectivity index (χ3v) is 5.94. The topological polar surface area (TPSA) is 71.2 Å². The zero-order valence-electron chi connectivity index (χ0n) is 17.0. The summed E-state index contributed by atoms with van der Waals surface area (Å²) in [7, 11) is 3.92. The first-order valence-electron chi connectivity index (χ1n) is 9.81. The van der Waals surface area contributed by atoms with Crippen LogP contribution >= 0.6 is 11.6 Å². The number of benzene rings is 2. The van der Waals surface area contributed by atoms with Crippen molar-refractivity contribution in [1.29, 1.82) is 0 Å². The van der Waals surface area contributed by atoms with Gasteiger partial charge in [0.15, 0.2) is 0 Å². The number of rotatable bonds is 4. The van der Waals surface area contributed by atoms with Gasteiger partial charge in [0.05, 0.1) is 28.2 Å². The zero-order chi connectivity index (χ0) is 21.7. The molecule has 2 aromatic carbocycles. The Labute approximate surface area is 184 Å². The van der Waals surface area contributed by atoms with Gasteiger partial charge in [-0.25, -0.2) is 4.79 Å². The van der Waals surface area contributed by atoms with E-state index >= 15 is 0 Å². The van der Waals surface area contributed by atoms with Crippen LogP contribution in [-0.2, 0) is 13.5 Å². The minimum Gasteiger partial charge on any atom is -0.478 e. The van der Waals surface area contributed by atoms with Crippen molar-refractivity contribution >= 4 is 51.5 Å². The van der Waals surface area contributed by atoms with Crippen molar-refractivity contribution in [3.63, 3.8) is 0 Å². The molecule has 154 valence electrons. The van der Waals surface area contributed by atoms with Gasteiger partial charge in [0.25, 0.3) is 0 Å². The molecule has 0 saturated heterocycles. The van der Waals surface area contributed by atoms with Gasteiger partial charge in [-0.1, -0.05) is 29.8 Å². The second-order valence-electron chi connectivity index (χ2n) is 7.56. The van der Waals surface area contributed by atoms with E-state index in [9.17, 15) is 9.90 Å². The number of pyridine rings is 1. The Morgan fingerprint density at radius 1 is 1.19 bits per heavy atom. The molecule has 7 heteroatoms. The van der Waals surface area contributed by atoms with Gasteiger partial charge in [0.1, 0.15) is 0 Å². The first kappa shape index (κ1) is 19.3. The first-order valence-corrected chi connectivity index (χ1v) is 10.2. The van der Waals surface area contributed by atoms with Crippen LogP contribution in [0.25, 0.3) is 22.6 Å². The quantitative estimate of drug-likeness (QED) is 0.482. The molecule has 0 spiro atoms. The molecule has 0 unspecified atom stereocenters. The van der Waals surface area contributed by atoms with Gasteiger partial charge >= 0.3 is 5.97 Å². The molecule has 0 atom stereocenters. The van der Waals surface area contributed by atoms with Gasteiger partial charge in [0, 0.05) is 42.8 Å². The highest BCUT2D eigenvalue weighted by Crippen LogP contribution is 2.38. The predicted octanol–water partition coefficient (Wildman–Crippen LogP) is 5.18. The summed E-state index contributed by atoms with van der Waals surface area (Å²) in [6.07, 6.45) is 3.97. The lowest BCUT2D eigenvalue weighted by atomic mass is 10.0. The van der Waals surface area contributed by atoms with Crippen LogP contribution < -0.4 is 4.90 Å². The average Bonchev–Trinajstić information content (AvgIpc) is 3.34. The molecule has 0 aliphatic heterocycles. The van der Waals surface area contributed by atoms with Crippen molar-refractivity contribution in [2.45, 2.75) is 6.42 Å². The van der Waals surface area contributed by atoms with Crippen LogP contribution in [-0.4, -0.2) is 32.9 Å². The molecule has 0 radical (unpaired) electrons. The number of carboxylic acid groups (broad SMARTS) is 1. The van der Waals surface area contributed by atoms with E-state index in [0.717, 1.165) is 39.1 Å². The molecular weight excluding hydrogens is 412 g/mol. The number of nitrogens with zero attached hydrogens (tertiary/aromatic N) is 4. The van der Waals surface area contributed by atoms with E-state index in [4.69, 9.17) is 16.7 Å². The highest BCUT2D eigenvalue weighted by molar-refractivity contribution is 6.30. The molecule has 1 aliphatic rings. The SMILES string of the molecule is CN(c1cccc(Cl)c1)c1cccc2c(C3=Cc4nccc(C(=O)O)c4C3)nn(C)c12. The van der Waals surface area contributed by atoms with Gasteiger partial charge in [-0.15, -0.1) is 0 Å². The van der Waals surface area contributed by atoms with Gasteiger partial charge in [-0.3, -0.25) is 9.67 Å². The maximum atomic E-state index is 11.6. The van der Waals surface area contributed by atoms with Crippen LogP contribution in [0.5, 0.6) is 0 Å². The highest BCUT2D eigenvalue weighted by atomic mass is 35.5. The number of aromatic nitrogens is 3. The molecule has 0 bridgehead atoms. The van der Waals surface area contributed by atoms with E-state index in [0.29, 0.717) is 17.1 Å². The molecule has 0 fully saturated rings. The molecule has 2 heterocycles. The standard InChI is InChI=1S/C24H19ClN4O2/c1-28(16-6-3-5-15(25)13-16)21-8-4-7-18-22(27-29(2)23(18)21)14-11-19-17(24(30)31)9-10-26-20(19)12-14/h3-10,12-13H,11H2,1-2H3,(H,30,31). The van der Waals surface area contributed by atoms with E-state index in [2.05, 4.69) is 16.0 Å². The lowest BCUT2D eigenvalue weighted by Crippen LogP contribution is -2.10. The van der Waals surface area contributed by atoms with Crippen molar-refractivity contribution in [3.8, 4) is 0 Å². The second-order valence-corrected chi connectivity index (χ2v) is 7.99. The summed E-state index contributed by atoms with van der Waals surface area (Å²) in [5, 5.41) is 16.0. The lowest BCUT2D eigenvalue weighted by Gasteiger charge is -2.21. The van der Waals surface area contributed by atoms with Crippen LogP contribution in [0.1, 0.15) is 27.3 Å². The smallest absolute Gasteiger partial charge is 0.336 e. The van der Waals surface area contributed by atoms with Crippen LogP contribution in [0, 0.1) is 0 Å². The summed E-state index contributed by atoms with van der Waals surface area (Å²) in [5.74, 6) is -0.940. The number of carboxylic acids is 1. The molecule has 0 amide bonds. The van der Waals surface area contributed by atoms with Gasteiger partial charge in [0.2, 0.25) is 0 Å².